The molecule has 0 aromatic rings. The molecule has 1 rings (SSSR count). The fourth-order valence-corrected chi connectivity index (χ4v) is 1.46. The molecule has 0 radical (unpaired) electrons. The Morgan fingerprint density at radius 1 is 1.30 bits per heavy atom. The van der Waals surface area contributed by atoms with E-state index in [2.05, 4.69) is 18.5 Å². The number of rotatable bonds is 4. The van der Waals surface area contributed by atoms with Gasteiger partial charge in [0.1, 0.15) is 0 Å². The fourth-order valence-electron chi connectivity index (χ4n) is 1.46. The van der Waals surface area contributed by atoms with Gasteiger partial charge in [0.25, 0.3) is 0 Å². The monoisotopic (exact) mass is 137 g/mol. The van der Waals surface area contributed by atoms with E-state index in [0.717, 1.165) is 19.4 Å². The Hall–Kier alpha value is -0.560. The third-order valence-corrected chi connectivity index (χ3v) is 2.17. The van der Waals surface area contributed by atoms with Crippen molar-refractivity contribution in [3.05, 3.63) is 25.3 Å². The molecule has 0 aromatic heterocycles. The van der Waals surface area contributed by atoms with Gasteiger partial charge in [-0.15, -0.1) is 13.2 Å². The lowest BCUT2D eigenvalue weighted by atomic mass is 9.82. The van der Waals surface area contributed by atoms with Gasteiger partial charge in [-0.1, -0.05) is 12.2 Å². The minimum atomic E-state index is 0.337. The van der Waals surface area contributed by atoms with E-state index < -0.39 is 0 Å². The van der Waals surface area contributed by atoms with E-state index in [0.29, 0.717) is 5.54 Å². The van der Waals surface area contributed by atoms with Crippen molar-refractivity contribution in [2.75, 3.05) is 6.54 Å². The van der Waals surface area contributed by atoms with Crippen molar-refractivity contribution in [3.8, 4) is 0 Å². The van der Waals surface area contributed by atoms with Crippen molar-refractivity contribution in [2.45, 2.75) is 24.8 Å². The first-order valence-corrected chi connectivity index (χ1v) is 3.80. The van der Waals surface area contributed by atoms with Crippen LogP contribution in [0.15, 0.2) is 25.3 Å². The number of nitrogens with one attached hydrogen (secondary N) is 1. The van der Waals surface area contributed by atoms with Gasteiger partial charge in [0.05, 0.1) is 0 Å². The lowest BCUT2D eigenvalue weighted by Gasteiger charge is -2.42. The number of hydrogen-bond donors (Lipinski definition) is 1. The highest BCUT2D eigenvalue weighted by Gasteiger charge is 2.33. The van der Waals surface area contributed by atoms with E-state index in [4.69, 9.17) is 0 Å². The summed E-state index contributed by atoms with van der Waals surface area (Å²) in [5, 5.41) is 3.42. The van der Waals surface area contributed by atoms with Gasteiger partial charge < -0.3 is 5.32 Å². The molecule has 0 aliphatic carbocycles. The van der Waals surface area contributed by atoms with Crippen molar-refractivity contribution in [2.24, 2.45) is 0 Å². The summed E-state index contributed by atoms with van der Waals surface area (Å²) in [6, 6.07) is 0. The van der Waals surface area contributed by atoms with Crippen LogP contribution in [0, 0.1) is 0 Å². The number of hydrogen-bond acceptors (Lipinski definition) is 1. The average molecular weight is 137 g/mol. The van der Waals surface area contributed by atoms with E-state index in [1.54, 1.807) is 0 Å². The summed E-state index contributed by atoms with van der Waals surface area (Å²) in [5.74, 6) is 0. The second-order valence-electron chi connectivity index (χ2n) is 2.94. The summed E-state index contributed by atoms with van der Waals surface area (Å²) < 4.78 is 0. The maximum absolute atomic E-state index is 3.74. The topological polar surface area (TPSA) is 12.0 Å². The van der Waals surface area contributed by atoms with Crippen LogP contribution < -0.4 is 5.32 Å². The van der Waals surface area contributed by atoms with Crippen LogP contribution in [-0.2, 0) is 0 Å². The van der Waals surface area contributed by atoms with Crippen LogP contribution in [0.5, 0.6) is 0 Å². The maximum atomic E-state index is 3.74. The second-order valence-corrected chi connectivity index (χ2v) is 2.94. The van der Waals surface area contributed by atoms with Crippen LogP contribution in [0.4, 0.5) is 0 Å². The molecule has 1 heterocycles. The molecule has 0 saturated carbocycles. The molecular weight excluding hydrogens is 122 g/mol. The zero-order valence-electron chi connectivity index (χ0n) is 6.40. The van der Waals surface area contributed by atoms with Crippen LogP contribution in [0.2, 0.25) is 0 Å². The highest BCUT2D eigenvalue weighted by atomic mass is 15.0. The predicted octanol–water partition coefficient (Wildman–Crippen LogP) is 1.87. The van der Waals surface area contributed by atoms with Gasteiger partial charge in [-0.2, -0.15) is 0 Å². The third kappa shape index (κ3) is 1.29. The lowest BCUT2D eigenvalue weighted by molar-refractivity contribution is 0.213. The Morgan fingerprint density at radius 2 is 1.80 bits per heavy atom. The summed E-state index contributed by atoms with van der Waals surface area (Å²) in [5.41, 5.74) is 0.337. The summed E-state index contributed by atoms with van der Waals surface area (Å²) in [7, 11) is 0. The summed E-state index contributed by atoms with van der Waals surface area (Å²) in [6.07, 6.45) is 7.37. The van der Waals surface area contributed by atoms with E-state index in [1.165, 1.54) is 6.42 Å². The molecule has 10 heavy (non-hydrogen) atoms. The van der Waals surface area contributed by atoms with Gasteiger partial charge in [0, 0.05) is 5.54 Å². The second kappa shape index (κ2) is 3.02. The van der Waals surface area contributed by atoms with Gasteiger partial charge in [0.15, 0.2) is 0 Å². The Bertz CT molecular complexity index is 122. The Morgan fingerprint density at radius 3 is 2.00 bits per heavy atom. The van der Waals surface area contributed by atoms with Crippen LogP contribution in [0.3, 0.4) is 0 Å². The van der Waals surface area contributed by atoms with E-state index in [9.17, 15) is 0 Å². The molecule has 1 aliphatic heterocycles. The standard InChI is InChI=1S/C9H15N/c1-3-5-9(6-4-2)7-8-10-9/h3-4,10H,1-2,5-8H2. The van der Waals surface area contributed by atoms with Gasteiger partial charge in [-0.05, 0) is 25.8 Å². The van der Waals surface area contributed by atoms with E-state index in [1.807, 2.05) is 12.2 Å². The largest absolute Gasteiger partial charge is 0.311 e. The first-order valence-electron chi connectivity index (χ1n) is 3.80. The Labute approximate surface area is 62.8 Å². The molecule has 56 valence electrons. The van der Waals surface area contributed by atoms with Gasteiger partial charge in [-0.25, -0.2) is 0 Å². The molecule has 0 atom stereocenters. The quantitative estimate of drug-likeness (QED) is 0.583. The normalized spacial score (nSPS) is 21.2. The average Bonchev–Trinajstić information content (AvgIpc) is 1.84. The predicted molar refractivity (Wildman–Crippen MR) is 45.0 cm³/mol. The first kappa shape index (κ1) is 7.55. The van der Waals surface area contributed by atoms with Crippen molar-refractivity contribution in [3.63, 3.8) is 0 Å². The summed E-state index contributed by atoms with van der Waals surface area (Å²) in [4.78, 5) is 0. The Balaban J connectivity index is 2.41. The van der Waals surface area contributed by atoms with Crippen molar-refractivity contribution >= 4 is 0 Å². The zero-order valence-corrected chi connectivity index (χ0v) is 6.40. The van der Waals surface area contributed by atoms with Crippen molar-refractivity contribution in [1.82, 2.24) is 5.32 Å². The smallest absolute Gasteiger partial charge is 0.0262 e. The van der Waals surface area contributed by atoms with Gasteiger partial charge >= 0.3 is 0 Å². The van der Waals surface area contributed by atoms with E-state index >= 15 is 0 Å². The molecular formula is C9H15N. The van der Waals surface area contributed by atoms with Crippen LogP contribution in [0.1, 0.15) is 19.3 Å². The fraction of sp³-hybridized carbons (Fsp3) is 0.556. The van der Waals surface area contributed by atoms with Crippen molar-refractivity contribution < 1.29 is 0 Å². The molecule has 0 spiro atoms. The molecule has 0 unspecified atom stereocenters. The lowest BCUT2D eigenvalue weighted by Crippen LogP contribution is -2.56. The molecule has 1 saturated heterocycles. The molecule has 1 N–H and O–H groups in total. The van der Waals surface area contributed by atoms with Crippen LogP contribution in [-0.4, -0.2) is 12.1 Å². The van der Waals surface area contributed by atoms with Crippen LogP contribution in [0.25, 0.3) is 0 Å². The SMILES string of the molecule is C=CCC1(CC=C)CCN1. The molecule has 0 aromatic carbocycles. The molecule has 1 fully saturated rings. The molecule has 1 heteroatoms. The Kier molecular flexibility index (Phi) is 2.28. The molecule has 0 amide bonds. The molecule has 1 nitrogen and oxygen atoms in total. The zero-order chi connectivity index (χ0) is 7.45. The third-order valence-electron chi connectivity index (χ3n) is 2.17. The highest BCUT2D eigenvalue weighted by Crippen LogP contribution is 2.27. The van der Waals surface area contributed by atoms with Gasteiger partial charge in [0.2, 0.25) is 0 Å². The summed E-state index contributed by atoms with van der Waals surface area (Å²) in [6.45, 7) is 8.63. The molecule has 1 aliphatic rings. The first-order chi connectivity index (χ1) is 4.83. The summed E-state index contributed by atoms with van der Waals surface area (Å²) >= 11 is 0. The molecule has 0 bridgehead atoms. The van der Waals surface area contributed by atoms with Crippen molar-refractivity contribution in [1.29, 1.82) is 0 Å². The highest BCUT2D eigenvalue weighted by molar-refractivity contribution is 5.03. The van der Waals surface area contributed by atoms with E-state index in [-0.39, 0.29) is 0 Å². The van der Waals surface area contributed by atoms with Gasteiger partial charge in [-0.3, -0.25) is 0 Å². The maximum Gasteiger partial charge on any atom is 0.0262 e. The minimum absolute atomic E-state index is 0.337. The minimum Gasteiger partial charge on any atom is -0.311 e. The van der Waals surface area contributed by atoms with Crippen LogP contribution >= 0.6 is 0 Å².